The topological polar surface area (TPSA) is 103 Å². The zero-order chi connectivity index (χ0) is 25.2. The van der Waals surface area contributed by atoms with Crippen LogP contribution in [0.1, 0.15) is 44.6 Å². The summed E-state index contributed by atoms with van der Waals surface area (Å²) in [4.78, 5) is 45.2. The molecule has 0 saturated carbocycles. The first-order valence-electron chi connectivity index (χ1n) is 11.2. The highest BCUT2D eigenvalue weighted by Crippen LogP contribution is 2.31. The normalized spacial score (nSPS) is 17.0. The maximum Gasteiger partial charge on any atom is 0.359 e. The number of fused-ring (bicyclic) bond motifs is 1. The lowest BCUT2D eigenvalue weighted by Crippen LogP contribution is -2.63. The van der Waals surface area contributed by atoms with Crippen molar-refractivity contribution >= 4 is 17.8 Å². The number of para-hydroxylation sites is 1. The number of aryl methyl sites for hydroxylation is 1. The molecule has 1 aliphatic rings. The molecule has 2 heterocycles. The first-order chi connectivity index (χ1) is 16.8. The summed E-state index contributed by atoms with van der Waals surface area (Å²) in [6.07, 6.45) is 1.40. The van der Waals surface area contributed by atoms with Gasteiger partial charge in [0.05, 0.1) is 27.1 Å². The van der Waals surface area contributed by atoms with Crippen LogP contribution in [0.25, 0.3) is 0 Å². The number of carbonyl (C=O) groups is 3. The third-order valence-electron chi connectivity index (χ3n) is 6.32. The highest BCUT2D eigenvalue weighted by molar-refractivity contribution is 6.06. The fraction of sp³-hybridized carbons (Fsp3) is 0.308. The van der Waals surface area contributed by atoms with Gasteiger partial charge in [-0.25, -0.2) is 9.78 Å². The van der Waals surface area contributed by atoms with Crippen LogP contribution in [0.15, 0.2) is 54.9 Å². The average Bonchev–Trinajstić information content (AvgIpc) is 3.29. The monoisotopic (exact) mass is 476 g/mol. The molecular formula is C26H28N4O5. The van der Waals surface area contributed by atoms with Gasteiger partial charge in [-0.2, -0.15) is 0 Å². The minimum absolute atomic E-state index is 0.0668. The smallest absolute Gasteiger partial charge is 0.359 e. The summed E-state index contributed by atoms with van der Waals surface area (Å²) < 4.78 is 11.7. The number of hydrogen-bond acceptors (Lipinski definition) is 6. The van der Waals surface area contributed by atoms with Gasteiger partial charge in [-0.3, -0.25) is 9.59 Å². The first kappa shape index (κ1) is 24.0. The first-order valence-corrected chi connectivity index (χ1v) is 11.2. The zero-order valence-electron chi connectivity index (χ0n) is 20.2. The lowest BCUT2D eigenvalue weighted by Gasteiger charge is -2.43. The summed E-state index contributed by atoms with van der Waals surface area (Å²) >= 11 is 0. The van der Waals surface area contributed by atoms with Crippen molar-refractivity contribution in [2.45, 2.75) is 39.0 Å². The van der Waals surface area contributed by atoms with Crippen LogP contribution in [0.3, 0.4) is 0 Å². The molecule has 4 rings (SSSR count). The SMILES string of the molecule is COC(=O)c1ncn2c1C(=O)N(Cc1ccc(C)cc1)[C@@](C)(C(=O)NCc1ccccc1OC)C2. The van der Waals surface area contributed by atoms with E-state index >= 15 is 0 Å². The summed E-state index contributed by atoms with van der Waals surface area (Å²) in [6, 6.07) is 15.2. The Morgan fingerprint density at radius 2 is 1.83 bits per heavy atom. The third-order valence-corrected chi connectivity index (χ3v) is 6.32. The number of benzene rings is 2. The van der Waals surface area contributed by atoms with Crippen LogP contribution >= 0.6 is 0 Å². The van der Waals surface area contributed by atoms with E-state index in [0.29, 0.717) is 5.75 Å². The van der Waals surface area contributed by atoms with Gasteiger partial charge in [0.1, 0.15) is 17.0 Å². The Balaban J connectivity index is 1.69. The van der Waals surface area contributed by atoms with Crippen molar-refractivity contribution in [2.24, 2.45) is 0 Å². The predicted octanol–water partition coefficient (Wildman–Crippen LogP) is 2.72. The average molecular weight is 477 g/mol. The predicted molar refractivity (Wildman–Crippen MR) is 128 cm³/mol. The van der Waals surface area contributed by atoms with Gasteiger partial charge in [-0.05, 0) is 25.5 Å². The van der Waals surface area contributed by atoms with Crippen molar-refractivity contribution in [1.29, 1.82) is 0 Å². The Morgan fingerprint density at radius 1 is 1.11 bits per heavy atom. The Bertz CT molecular complexity index is 1270. The van der Waals surface area contributed by atoms with Crippen molar-refractivity contribution in [2.75, 3.05) is 14.2 Å². The number of nitrogens with one attached hydrogen (secondary N) is 1. The Kier molecular flexibility index (Phi) is 6.59. The molecule has 0 saturated heterocycles. The highest BCUT2D eigenvalue weighted by Gasteiger charge is 2.48. The molecule has 0 bridgehead atoms. The van der Waals surface area contributed by atoms with E-state index in [4.69, 9.17) is 9.47 Å². The van der Waals surface area contributed by atoms with Crippen molar-refractivity contribution < 1.29 is 23.9 Å². The van der Waals surface area contributed by atoms with Crippen LogP contribution in [0.4, 0.5) is 0 Å². The van der Waals surface area contributed by atoms with E-state index in [2.05, 4.69) is 10.3 Å². The molecule has 9 heteroatoms. The van der Waals surface area contributed by atoms with Gasteiger partial charge in [0.2, 0.25) is 5.91 Å². The molecule has 1 aliphatic heterocycles. The van der Waals surface area contributed by atoms with Gasteiger partial charge < -0.3 is 24.3 Å². The molecule has 0 unspecified atom stereocenters. The zero-order valence-corrected chi connectivity index (χ0v) is 20.2. The van der Waals surface area contributed by atoms with E-state index in [1.165, 1.54) is 18.3 Å². The largest absolute Gasteiger partial charge is 0.496 e. The molecule has 182 valence electrons. The van der Waals surface area contributed by atoms with Crippen molar-refractivity contribution in [3.05, 3.63) is 82.9 Å². The molecule has 1 aromatic heterocycles. The fourth-order valence-corrected chi connectivity index (χ4v) is 4.27. The van der Waals surface area contributed by atoms with E-state index in [9.17, 15) is 14.4 Å². The van der Waals surface area contributed by atoms with Gasteiger partial charge in [-0.15, -0.1) is 0 Å². The van der Waals surface area contributed by atoms with Crippen LogP contribution in [0.5, 0.6) is 5.75 Å². The van der Waals surface area contributed by atoms with Crippen LogP contribution in [0.2, 0.25) is 0 Å². The lowest BCUT2D eigenvalue weighted by molar-refractivity contribution is -0.133. The number of rotatable bonds is 7. The molecule has 9 nitrogen and oxygen atoms in total. The van der Waals surface area contributed by atoms with Gasteiger partial charge in [-0.1, -0.05) is 48.0 Å². The molecule has 0 radical (unpaired) electrons. The Labute approximate surface area is 203 Å². The van der Waals surface area contributed by atoms with E-state index < -0.39 is 17.4 Å². The lowest BCUT2D eigenvalue weighted by atomic mass is 9.93. The molecule has 0 spiro atoms. The molecule has 1 atom stereocenters. The van der Waals surface area contributed by atoms with Gasteiger partial charge in [0, 0.05) is 18.7 Å². The molecule has 0 aliphatic carbocycles. The second-order valence-electron chi connectivity index (χ2n) is 8.71. The molecule has 2 amide bonds. The second kappa shape index (κ2) is 9.61. The number of amides is 2. The number of aromatic nitrogens is 2. The molecule has 35 heavy (non-hydrogen) atoms. The number of nitrogens with zero attached hydrogens (tertiary/aromatic N) is 3. The van der Waals surface area contributed by atoms with Gasteiger partial charge in [0.25, 0.3) is 5.91 Å². The van der Waals surface area contributed by atoms with Crippen LogP contribution in [0, 0.1) is 6.92 Å². The minimum Gasteiger partial charge on any atom is -0.496 e. The molecule has 1 N–H and O–H groups in total. The Morgan fingerprint density at radius 3 is 2.51 bits per heavy atom. The van der Waals surface area contributed by atoms with Crippen LogP contribution in [-0.4, -0.2) is 52.0 Å². The number of imidazole rings is 1. The van der Waals surface area contributed by atoms with E-state index in [-0.39, 0.29) is 36.9 Å². The number of esters is 1. The molecule has 2 aromatic carbocycles. The van der Waals surface area contributed by atoms with Crippen molar-refractivity contribution in [3.8, 4) is 5.75 Å². The standard InChI is InChI=1S/C26H28N4O5/c1-17-9-11-18(12-10-17)14-30-23(31)22-21(24(32)35-4)28-16-29(22)15-26(30,2)25(33)27-13-19-7-5-6-8-20(19)34-3/h5-12,16H,13-15H2,1-4H3,(H,27,33)/t26-/m1/s1. The van der Waals surface area contributed by atoms with Gasteiger partial charge in [0.15, 0.2) is 5.69 Å². The van der Waals surface area contributed by atoms with E-state index in [1.807, 2.05) is 55.5 Å². The Hall–Kier alpha value is -4.14. The van der Waals surface area contributed by atoms with Crippen molar-refractivity contribution in [3.63, 3.8) is 0 Å². The fourth-order valence-electron chi connectivity index (χ4n) is 4.27. The third kappa shape index (κ3) is 4.49. The minimum atomic E-state index is -1.24. The maximum atomic E-state index is 13.7. The highest BCUT2D eigenvalue weighted by atomic mass is 16.5. The second-order valence-corrected chi connectivity index (χ2v) is 8.71. The van der Waals surface area contributed by atoms with Gasteiger partial charge >= 0.3 is 5.97 Å². The summed E-state index contributed by atoms with van der Waals surface area (Å²) in [5.74, 6) is -0.840. The number of carbonyl (C=O) groups excluding carboxylic acids is 3. The van der Waals surface area contributed by atoms with Crippen molar-refractivity contribution in [1.82, 2.24) is 19.8 Å². The number of methoxy groups -OCH3 is 2. The molecule has 0 fully saturated rings. The number of hydrogen-bond donors (Lipinski definition) is 1. The van der Waals surface area contributed by atoms with E-state index in [1.54, 1.807) is 18.6 Å². The quantitative estimate of drug-likeness (QED) is 0.526. The molecule has 3 aromatic rings. The maximum absolute atomic E-state index is 13.7. The summed E-state index contributed by atoms with van der Waals surface area (Å²) in [5.41, 5.74) is 1.56. The summed E-state index contributed by atoms with van der Waals surface area (Å²) in [5, 5.41) is 2.96. The van der Waals surface area contributed by atoms with Crippen LogP contribution < -0.4 is 10.1 Å². The van der Waals surface area contributed by atoms with E-state index in [0.717, 1.165) is 16.7 Å². The summed E-state index contributed by atoms with van der Waals surface area (Å²) in [6.45, 7) is 4.24. The number of ether oxygens (including phenoxy) is 2. The molecular weight excluding hydrogens is 448 g/mol. The van der Waals surface area contributed by atoms with Crippen LogP contribution in [-0.2, 0) is 29.2 Å². The summed E-state index contributed by atoms with van der Waals surface area (Å²) in [7, 11) is 2.81.